The number of aryl methyl sites for hydroxylation is 3. The molecule has 1 aromatic heterocycles. The second-order valence-electron chi connectivity index (χ2n) is 8.36. The first-order valence-corrected chi connectivity index (χ1v) is 9.27. The highest BCUT2D eigenvalue weighted by Crippen LogP contribution is 2.51. The molecule has 4 rings (SSSR count). The van der Waals surface area contributed by atoms with Crippen molar-refractivity contribution in [2.45, 2.75) is 47.0 Å². The van der Waals surface area contributed by atoms with Crippen molar-refractivity contribution >= 4 is 17.1 Å². The normalized spacial score (nSPS) is 13.0. The van der Waals surface area contributed by atoms with Gasteiger partial charge in [0.15, 0.2) is 11.5 Å². The molecule has 1 aliphatic heterocycles. The SMILES string of the molecule is Cc1ccc2c(c1)Oc1cnncc1N2c1c(C)cc(C(C)(C)C)cc1C. The van der Waals surface area contributed by atoms with Gasteiger partial charge in [0, 0.05) is 0 Å². The van der Waals surface area contributed by atoms with Crippen molar-refractivity contribution < 1.29 is 4.74 Å². The highest BCUT2D eigenvalue weighted by atomic mass is 16.5. The van der Waals surface area contributed by atoms with Crippen LogP contribution in [0, 0.1) is 20.8 Å². The van der Waals surface area contributed by atoms with E-state index in [0.29, 0.717) is 0 Å². The number of nitrogens with zero attached hydrogens (tertiary/aromatic N) is 3. The molecule has 138 valence electrons. The third kappa shape index (κ3) is 2.95. The van der Waals surface area contributed by atoms with Gasteiger partial charge in [-0.3, -0.25) is 0 Å². The van der Waals surface area contributed by atoms with Gasteiger partial charge in [-0.2, -0.15) is 10.2 Å². The summed E-state index contributed by atoms with van der Waals surface area (Å²) < 4.78 is 6.12. The average molecular weight is 359 g/mol. The number of hydrogen-bond donors (Lipinski definition) is 0. The van der Waals surface area contributed by atoms with Crippen LogP contribution in [0.3, 0.4) is 0 Å². The number of rotatable bonds is 1. The maximum atomic E-state index is 6.12. The summed E-state index contributed by atoms with van der Waals surface area (Å²) in [5.41, 5.74) is 8.18. The van der Waals surface area contributed by atoms with Crippen molar-refractivity contribution in [2.24, 2.45) is 0 Å². The van der Waals surface area contributed by atoms with Gasteiger partial charge in [-0.25, -0.2) is 0 Å². The lowest BCUT2D eigenvalue weighted by Crippen LogP contribution is -2.19. The van der Waals surface area contributed by atoms with Crippen molar-refractivity contribution in [3.63, 3.8) is 0 Å². The van der Waals surface area contributed by atoms with Crippen LogP contribution in [0.15, 0.2) is 42.7 Å². The summed E-state index contributed by atoms with van der Waals surface area (Å²) in [5, 5.41) is 8.12. The van der Waals surface area contributed by atoms with Gasteiger partial charge < -0.3 is 9.64 Å². The number of fused-ring (bicyclic) bond motifs is 2. The minimum atomic E-state index is 0.109. The van der Waals surface area contributed by atoms with E-state index < -0.39 is 0 Å². The van der Waals surface area contributed by atoms with Crippen molar-refractivity contribution in [1.82, 2.24) is 10.2 Å². The molecule has 0 fully saturated rings. The second kappa shape index (κ2) is 6.08. The highest BCUT2D eigenvalue weighted by Gasteiger charge is 2.29. The molecule has 2 heterocycles. The molecule has 0 bridgehead atoms. The average Bonchev–Trinajstić information content (AvgIpc) is 2.59. The number of aromatic nitrogens is 2. The molecule has 0 aliphatic carbocycles. The van der Waals surface area contributed by atoms with Crippen molar-refractivity contribution in [2.75, 3.05) is 4.90 Å². The molecule has 4 nitrogen and oxygen atoms in total. The Morgan fingerprint density at radius 3 is 2.15 bits per heavy atom. The van der Waals surface area contributed by atoms with Gasteiger partial charge in [-0.15, -0.1) is 0 Å². The van der Waals surface area contributed by atoms with Crippen molar-refractivity contribution in [3.05, 3.63) is 65.0 Å². The molecule has 0 spiro atoms. The van der Waals surface area contributed by atoms with Crippen molar-refractivity contribution in [3.8, 4) is 11.5 Å². The molecule has 1 aliphatic rings. The standard InChI is InChI=1S/C23H25N3O/c1-14-7-8-18-20(9-14)27-21-13-25-24-12-19(21)26(18)22-15(2)10-17(11-16(22)3)23(4,5)6/h7-13H,1-6H3. The fraction of sp³-hybridized carbons (Fsp3) is 0.304. The first kappa shape index (κ1) is 17.5. The van der Waals surface area contributed by atoms with E-state index in [-0.39, 0.29) is 5.41 Å². The number of ether oxygens (including phenoxy) is 1. The Balaban J connectivity index is 1.97. The predicted molar refractivity (Wildman–Crippen MR) is 110 cm³/mol. The molecular formula is C23H25N3O. The fourth-order valence-electron chi connectivity index (χ4n) is 3.67. The van der Waals surface area contributed by atoms with E-state index in [1.165, 1.54) is 22.4 Å². The van der Waals surface area contributed by atoms with Crippen LogP contribution in [-0.4, -0.2) is 10.2 Å². The minimum Gasteiger partial charge on any atom is -0.451 e. The first-order chi connectivity index (χ1) is 12.8. The molecule has 3 aromatic rings. The summed E-state index contributed by atoms with van der Waals surface area (Å²) in [6.07, 6.45) is 3.45. The molecule has 4 heteroatoms. The maximum Gasteiger partial charge on any atom is 0.173 e. The Morgan fingerprint density at radius 1 is 0.815 bits per heavy atom. The Hall–Kier alpha value is -2.88. The Morgan fingerprint density at radius 2 is 1.48 bits per heavy atom. The van der Waals surface area contributed by atoms with Gasteiger partial charge in [0.25, 0.3) is 0 Å². The third-order valence-electron chi connectivity index (χ3n) is 5.07. The Bertz CT molecular complexity index is 1010. The van der Waals surface area contributed by atoms with Gasteiger partial charge in [0.2, 0.25) is 0 Å². The molecule has 27 heavy (non-hydrogen) atoms. The Labute approximate surface area is 160 Å². The molecule has 2 aromatic carbocycles. The van der Waals surface area contributed by atoms with Crippen LogP contribution in [0.2, 0.25) is 0 Å². The highest BCUT2D eigenvalue weighted by molar-refractivity contribution is 5.88. The summed E-state index contributed by atoms with van der Waals surface area (Å²) in [7, 11) is 0. The van der Waals surface area contributed by atoms with Crippen LogP contribution in [0.25, 0.3) is 0 Å². The molecule has 0 atom stereocenters. The second-order valence-corrected chi connectivity index (χ2v) is 8.36. The van der Waals surface area contributed by atoms with Crippen LogP contribution in [0.1, 0.15) is 43.0 Å². The summed E-state index contributed by atoms with van der Waals surface area (Å²) >= 11 is 0. The summed E-state index contributed by atoms with van der Waals surface area (Å²) in [4.78, 5) is 2.25. The van der Waals surface area contributed by atoms with Gasteiger partial charge in [-0.05, 0) is 60.6 Å². The number of hydrogen-bond acceptors (Lipinski definition) is 4. The van der Waals surface area contributed by atoms with Gasteiger partial charge >= 0.3 is 0 Å². The van der Waals surface area contributed by atoms with Crippen molar-refractivity contribution in [1.29, 1.82) is 0 Å². The summed E-state index contributed by atoms with van der Waals surface area (Å²) in [6, 6.07) is 10.9. The molecule has 0 radical (unpaired) electrons. The maximum absolute atomic E-state index is 6.12. The lowest BCUT2D eigenvalue weighted by Gasteiger charge is -2.35. The van der Waals surface area contributed by atoms with Crippen LogP contribution in [-0.2, 0) is 5.41 Å². The summed E-state index contributed by atoms with van der Waals surface area (Å²) in [6.45, 7) is 13.2. The minimum absolute atomic E-state index is 0.109. The Kier molecular flexibility index (Phi) is 3.95. The molecule has 0 amide bonds. The topological polar surface area (TPSA) is 38.3 Å². The van der Waals surface area contributed by atoms with Crippen LogP contribution < -0.4 is 9.64 Å². The fourth-order valence-corrected chi connectivity index (χ4v) is 3.67. The van der Waals surface area contributed by atoms with Gasteiger partial charge in [0.1, 0.15) is 5.69 Å². The lowest BCUT2D eigenvalue weighted by atomic mass is 9.84. The van der Waals surface area contributed by atoms with Gasteiger partial charge in [-0.1, -0.05) is 39.0 Å². The zero-order chi connectivity index (χ0) is 19.3. The number of benzene rings is 2. The van der Waals surface area contributed by atoms with Crippen LogP contribution in [0.4, 0.5) is 17.1 Å². The summed E-state index contributed by atoms with van der Waals surface area (Å²) in [5.74, 6) is 1.57. The van der Waals surface area contributed by atoms with E-state index in [2.05, 4.69) is 87.0 Å². The van der Waals surface area contributed by atoms with E-state index >= 15 is 0 Å². The molecule has 0 unspecified atom stereocenters. The zero-order valence-electron chi connectivity index (χ0n) is 16.8. The van der Waals surface area contributed by atoms with Crippen LogP contribution in [0.5, 0.6) is 11.5 Å². The third-order valence-corrected chi connectivity index (χ3v) is 5.07. The quantitative estimate of drug-likeness (QED) is 0.401. The van der Waals surface area contributed by atoms with E-state index in [1.807, 2.05) is 0 Å². The van der Waals surface area contributed by atoms with Gasteiger partial charge in [0.05, 0.1) is 23.8 Å². The smallest absolute Gasteiger partial charge is 0.173 e. The van der Waals surface area contributed by atoms with Crippen LogP contribution >= 0.6 is 0 Å². The molecule has 0 saturated carbocycles. The van der Waals surface area contributed by atoms with E-state index in [0.717, 1.165) is 28.4 Å². The van der Waals surface area contributed by atoms with E-state index in [1.54, 1.807) is 12.4 Å². The zero-order valence-corrected chi connectivity index (χ0v) is 16.8. The number of anilines is 3. The molecule has 0 saturated heterocycles. The predicted octanol–water partition coefficient (Wildman–Crippen LogP) is 6.27. The van der Waals surface area contributed by atoms with E-state index in [4.69, 9.17) is 4.74 Å². The molecule has 0 N–H and O–H groups in total. The van der Waals surface area contributed by atoms with E-state index in [9.17, 15) is 0 Å². The molecular weight excluding hydrogens is 334 g/mol. The monoisotopic (exact) mass is 359 g/mol. The largest absolute Gasteiger partial charge is 0.451 e. The lowest BCUT2D eigenvalue weighted by molar-refractivity contribution is 0.472. The first-order valence-electron chi connectivity index (χ1n) is 9.27.